The predicted octanol–water partition coefficient (Wildman–Crippen LogP) is 2.07. The summed E-state index contributed by atoms with van der Waals surface area (Å²) in [6.45, 7) is 2.70. The molecular formula is C12H15BrN2O. The normalized spacial score (nSPS) is 25.2. The number of carbonyl (C=O) groups excluding carboxylic acids is 1. The maximum atomic E-state index is 11.7. The third-order valence-electron chi connectivity index (χ3n) is 3.02. The molecule has 1 saturated heterocycles. The Morgan fingerprint density at radius 1 is 1.44 bits per heavy atom. The second kappa shape index (κ2) is 4.55. The number of benzene rings is 1. The van der Waals surface area contributed by atoms with E-state index < -0.39 is 0 Å². The number of likely N-dealkylation sites (N-methyl/N-ethyl adjacent to an activating group) is 1. The van der Waals surface area contributed by atoms with Gasteiger partial charge in [-0.1, -0.05) is 28.1 Å². The first kappa shape index (κ1) is 11.6. The van der Waals surface area contributed by atoms with Crippen molar-refractivity contribution in [3.8, 4) is 0 Å². The summed E-state index contributed by atoms with van der Waals surface area (Å²) in [6, 6.07) is 7.96. The predicted molar refractivity (Wildman–Crippen MR) is 66.9 cm³/mol. The number of hydrogen-bond acceptors (Lipinski definition) is 2. The quantitative estimate of drug-likeness (QED) is 0.903. The Labute approximate surface area is 104 Å². The third kappa shape index (κ3) is 1.99. The second-order valence-corrected chi connectivity index (χ2v) is 4.96. The number of nitrogens with zero attached hydrogens (tertiary/aromatic N) is 1. The van der Waals surface area contributed by atoms with Gasteiger partial charge in [0.1, 0.15) is 0 Å². The molecule has 0 bridgehead atoms. The van der Waals surface area contributed by atoms with Crippen molar-refractivity contribution in [3.05, 3.63) is 34.3 Å². The molecule has 86 valence electrons. The lowest BCUT2D eigenvalue weighted by Gasteiger charge is -2.26. The van der Waals surface area contributed by atoms with E-state index >= 15 is 0 Å². The summed E-state index contributed by atoms with van der Waals surface area (Å²) in [4.78, 5) is 13.6. The molecule has 0 spiro atoms. The summed E-state index contributed by atoms with van der Waals surface area (Å²) < 4.78 is 1.04. The third-order valence-corrected chi connectivity index (χ3v) is 3.55. The highest BCUT2D eigenvalue weighted by atomic mass is 79.9. The molecule has 0 aliphatic carbocycles. The highest BCUT2D eigenvalue weighted by molar-refractivity contribution is 9.10. The molecule has 1 amide bonds. The fraction of sp³-hybridized carbons (Fsp3) is 0.417. The van der Waals surface area contributed by atoms with Crippen LogP contribution in [0.4, 0.5) is 0 Å². The monoisotopic (exact) mass is 282 g/mol. The molecule has 4 heteroatoms. The molecule has 2 N–H and O–H groups in total. The van der Waals surface area contributed by atoms with Crippen LogP contribution in [0.5, 0.6) is 0 Å². The van der Waals surface area contributed by atoms with Crippen molar-refractivity contribution in [2.75, 3.05) is 6.54 Å². The van der Waals surface area contributed by atoms with Crippen LogP contribution in [0.15, 0.2) is 28.7 Å². The van der Waals surface area contributed by atoms with Gasteiger partial charge in [-0.05, 0) is 24.6 Å². The number of nitrogens with two attached hydrogens (primary N) is 1. The van der Waals surface area contributed by atoms with Crippen molar-refractivity contribution in [2.45, 2.75) is 25.4 Å². The van der Waals surface area contributed by atoms with Gasteiger partial charge in [-0.3, -0.25) is 4.79 Å². The molecule has 1 heterocycles. The summed E-state index contributed by atoms with van der Waals surface area (Å²) in [7, 11) is 0. The van der Waals surface area contributed by atoms with Crippen LogP contribution in [0.3, 0.4) is 0 Å². The summed E-state index contributed by atoms with van der Waals surface area (Å²) in [6.07, 6.45) is 0.453. The SMILES string of the molecule is CCN1C(=O)CC(N)C1c1ccc(Br)cc1. The average Bonchev–Trinajstić information content (AvgIpc) is 2.54. The first-order valence-corrected chi connectivity index (χ1v) is 6.23. The van der Waals surface area contributed by atoms with Gasteiger partial charge < -0.3 is 10.6 Å². The van der Waals surface area contributed by atoms with Crippen molar-refractivity contribution in [1.29, 1.82) is 0 Å². The maximum Gasteiger partial charge on any atom is 0.224 e. The van der Waals surface area contributed by atoms with E-state index in [1.807, 2.05) is 36.1 Å². The molecule has 0 saturated carbocycles. The van der Waals surface area contributed by atoms with Gasteiger partial charge in [0.05, 0.1) is 6.04 Å². The fourth-order valence-electron chi connectivity index (χ4n) is 2.28. The van der Waals surface area contributed by atoms with Crippen molar-refractivity contribution in [3.63, 3.8) is 0 Å². The number of likely N-dealkylation sites (tertiary alicyclic amines) is 1. The molecular weight excluding hydrogens is 268 g/mol. The minimum atomic E-state index is -0.0892. The number of halogens is 1. The highest BCUT2D eigenvalue weighted by Crippen LogP contribution is 2.32. The Hall–Kier alpha value is -0.870. The van der Waals surface area contributed by atoms with Crippen molar-refractivity contribution >= 4 is 21.8 Å². The van der Waals surface area contributed by atoms with Crippen LogP contribution in [-0.2, 0) is 4.79 Å². The van der Waals surface area contributed by atoms with Crippen molar-refractivity contribution in [2.24, 2.45) is 5.73 Å². The van der Waals surface area contributed by atoms with Gasteiger partial charge in [0.2, 0.25) is 5.91 Å². The largest absolute Gasteiger partial charge is 0.334 e. The summed E-state index contributed by atoms with van der Waals surface area (Å²) in [5.74, 6) is 0.155. The zero-order valence-electron chi connectivity index (χ0n) is 9.19. The standard InChI is InChI=1S/C12H15BrN2O/c1-2-15-11(16)7-10(14)12(15)8-3-5-9(13)6-4-8/h3-6,10,12H,2,7,14H2,1H3. The van der Waals surface area contributed by atoms with E-state index in [1.54, 1.807) is 0 Å². The molecule has 1 aliphatic heterocycles. The zero-order chi connectivity index (χ0) is 11.7. The number of carbonyl (C=O) groups is 1. The fourth-order valence-corrected chi connectivity index (χ4v) is 2.54. The molecule has 2 rings (SSSR count). The molecule has 2 unspecified atom stereocenters. The number of amides is 1. The van der Waals surface area contributed by atoms with E-state index in [4.69, 9.17) is 5.73 Å². The number of hydrogen-bond donors (Lipinski definition) is 1. The van der Waals surface area contributed by atoms with Gasteiger partial charge in [-0.15, -0.1) is 0 Å². The van der Waals surface area contributed by atoms with Crippen LogP contribution in [-0.4, -0.2) is 23.4 Å². The Balaban J connectivity index is 2.31. The summed E-state index contributed by atoms with van der Waals surface area (Å²) >= 11 is 3.40. The van der Waals surface area contributed by atoms with Gasteiger partial charge in [0, 0.05) is 23.5 Å². The van der Waals surface area contributed by atoms with Gasteiger partial charge in [0.15, 0.2) is 0 Å². The molecule has 16 heavy (non-hydrogen) atoms. The Kier molecular flexibility index (Phi) is 3.30. The van der Waals surface area contributed by atoms with Crippen molar-refractivity contribution in [1.82, 2.24) is 4.90 Å². The minimum absolute atomic E-state index is 0.0330. The van der Waals surface area contributed by atoms with E-state index in [1.165, 1.54) is 0 Å². The zero-order valence-corrected chi connectivity index (χ0v) is 10.8. The molecule has 0 radical (unpaired) electrons. The Morgan fingerprint density at radius 3 is 2.62 bits per heavy atom. The van der Waals surface area contributed by atoms with E-state index in [0.29, 0.717) is 13.0 Å². The van der Waals surface area contributed by atoms with E-state index in [0.717, 1.165) is 10.0 Å². The van der Waals surface area contributed by atoms with E-state index in [9.17, 15) is 4.79 Å². The molecule has 1 aromatic carbocycles. The van der Waals surface area contributed by atoms with Crippen LogP contribution in [0.1, 0.15) is 24.9 Å². The van der Waals surface area contributed by atoms with E-state index in [2.05, 4.69) is 15.9 Å². The summed E-state index contributed by atoms with van der Waals surface area (Å²) in [5, 5.41) is 0. The van der Waals surface area contributed by atoms with Gasteiger partial charge >= 0.3 is 0 Å². The highest BCUT2D eigenvalue weighted by Gasteiger charge is 2.37. The Morgan fingerprint density at radius 2 is 2.06 bits per heavy atom. The van der Waals surface area contributed by atoms with Gasteiger partial charge in [-0.2, -0.15) is 0 Å². The lowest BCUT2D eigenvalue weighted by atomic mass is 10.0. The maximum absolute atomic E-state index is 11.7. The smallest absolute Gasteiger partial charge is 0.224 e. The van der Waals surface area contributed by atoms with Crippen LogP contribution in [0.25, 0.3) is 0 Å². The first-order valence-electron chi connectivity index (χ1n) is 5.44. The Bertz CT molecular complexity index is 391. The molecule has 2 atom stereocenters. The molecule has 0 aromatic heterocycles. The van der Waals surface area contributed by atoms with Crippen LogP contribution >= 0.6 is 15.9 Å². The molecule has 1 fully saturated rings. The summed E-state index contributed by atoms with van der Waals surface area (Å²) in [5.41, 5.74) is 7.15. The first-order chi connectivity index (χ1) is 7.63. The lowest BCUT2D eigenvalue weighted by molar-refractivity contribution is -0.128. The molecule has 3 nitrogen and oxygen atoms in total. The average molecular weight is 283 g/mol. The van der Waals surface area contributed by atoms with Gasteiger partial charge in [0.25, 0.3) is 0 Å². The van der Waals surface area contributed by atoms with Crippen LogP contribution in [0.2, 0.25) is 0 Å². The molecule has 1 aliphatic rings. The van der Waals surface area contributed by atoms with Gasteiger partial charge in [-0.25, -0.2) is 0 Å². The van der Waals surface area contributed by atoms with E-state index in [-0.39, 0.29) is 18.0 Å². The second-order valence-electron chi connectivity index (χ2n) is 4.04. The topological polar surface area (TPSA) is 46.3 Å². The minimum Gasteiger partial charge on any atom is -0.334 e. The van der Waals surface area contributed by atoms with Crippen LogP contribution in [0, 0.1) is 0 Å². The van der Waals surface area contributed by atoms with Crippen LogP contribution < -0.4 is 5.73 Å². The van der Waals surface area contributed by atoms with Crippen molar-refractivity contribution < 1.29 is 4.79 Å². The lowest BCUT2D eigenvalue weighted by Crippen LogP contribution is -2.32. The molecule has 1 aromatic rings. The number of rotatable bonds is 2.